The van der Waals surface area contributed by atoms with Crippen LogP contribution in [0.2, 0.25) is 0 Å². The van der Waals surface area contributed by atoms with Crippen molar-refractivity contribution in [1.29, 1.82) is 0 Å². The van der Waals surface area contributed by atoms with E-state index in [0.717, 1.165) is 21.0 Å². The molecule has 0 spiro atoms. The fourth-order valence-corrected chi connectivity index (χ4v) is 2.22. The lowest BCUT2D eigenvalue weighted by Crippen LogP contribution is -1.88. The molecule has 0 aliphatic rings. The number of benzene rings is 1. The van der Waals surface area contributed by atoms with E-state index in [1.165, 1.54) is 0 Å². The molecule has 3 nitrogen and oxygen atoms in total. The summed E-state index contributed by atoms with van der Waals surface area (Å²) in [6.45, 7) is 1.96. The Balaban J connectivity index is 2.83. The molecule has 4 heteroatoms. The second kappa shape index (κ2) is 2.88. The maximum Gasteiger partial charge on any atom is 0.138 e. The van der Waals surface area contributed by atoms with Gasteiger partial charge in [0.25, 0.3) is 0 Å². The highest BCUT2D eigenvalue weighted by Crippen LogP contribution is 2.33. The fourth-order valence-electron chi connectivity index (χ4n) is 1.27. The Morgan fingerprint density at radius 1 is 1.46 bits per heavy atom. The van der Waals surface area contributed by atoms with Crippen LogP contribution in [0.3, 0.4) is 0 Å². The smallest absolute Gasteiger partial charge is 0.138 e. The number of methoxy groups -OCH3 is 1. The van der Waals surface area contributed by atoms with Crippen molar-refractivity contribution in [3.63, 3.8) is 0 Å². The normalized spacial score (nSPS) is 10.6. The Morgan fingerprint density at radius 3 is 2.92 bits per heavy atom. The Morgan fingerprint density at radius 2 is 2.23 bits per heavy atom. The molecular formula is C9H10N2OS. The Bertz CT molecular complexity index is 450. The van der Waals surface area contributed by atoms with Gasteiger partial charge in [-0.05, 0) is 19.1 Å². The van der Waals surface area contributed by atoms with E-state index in [1.54, 1.807) is 18.4 Å². The molecule has 0 aliphatic heterocycles. The molecule has 0 atom stereocenters. The number of hydrogen-bond donors (Lipinski definition) is 1. The zero-order valence-electron chi connectivity index (χ0n) is 7.50. The zero-order valence-corrected chi connectivity index (χ0v) is 8.31. The number of ether oxygens (including phenoxy) is 1. The minimum absolute atomic E-state index is 0.708. The summed E-state index contributed by atoms with van der Waals surface area (Å²) in [6.07, 6.45) is 0. The summed E-state index contributed by atoms with van der Waals surface area (Å²) in [5.41, 5.74) is 7.34. The number of anilines is 1. The molecule has 2 rings (SSSR count). The highest BCUT2D eigenvalue weighted by atomic mass is 32.1. The summed E-state index contributed by atoms with van der Waals surface area (Å²) in [5.74, 6) is 0.842. The molecule has 0 fully saturated rings. The molecule has 0 bridgehead atoms. The lowest BCUT2D eigenvalue weighted by Gasteiger charge is -2.01. The van der Waals surface area contributed by atoms with Gasteiger partial charge in [-0.25, -0.2) is 4.98 Å². The van der Waals surface area contributed by atoms with Crippen molar-refractivity contribution in [2.24, 2.45) is 0 Å². The Hall–Kier alpha value is -1.29. The standard InChI is InChI=1S/C9H10N2OS/c1-5-11-8-6(10)3-4-7(12-2)9(8)13-5/h3-4H,10H2,1-2H3. The van der Waals surface area contributed by atoms with Crippen molar-refractivity contribution in [2.75, 3.05) is 12.8 Å². The molecular weight excluding hydrogens is 184 g/mol. The number of fused-ring (bicyclic) bond motifs is 1. The molecule has 13 heavy (non-hydrogen) atoms. The van der Waals surface area contributed by atoms with Crippen LogP contribution in [0.15, 0.2) is 12.1 Å². The van der Waals surface area contributed by atoms with E-state index >= 15 is 0 Å². The first-order valence-corrected chi connectivity index (χ1v) is 4.73. The molecule has 1 aromatic heterocycles. The number of rotatable bonds is 1. The lowest BCUT2D eigenvalue weighted by atomic mass is 10.3. The monoisotopic (exact) mass is 194 g/mol. The first kappa shape index (κ1) is 8.31. The van der Waals surface area contributed by atoms with Gasteiger partial charge in [-0.15, -0.1) is 11.3 Å². The van der Waals surface area contributed by atoms with Gasteiger partial charge in [0.15, 0.2) is 0 Å². The zero-order chi connectivity index (χ0) is 9.42. The minimum atomic E-state index is 0.708. The Kier molecular flexibility index (Phi) is 1.84. The average Bonchev–Trinajstić information content (AvgIpc) is 2.48. The van der Waals surface area contributed by atoms with E-state index in [2.05, 4.69) is 4.98 Å². The van der Waals surface area contributed by atoms with Crippen LogP contribution in [0, 0.1) is 6.92 Å². The maximum atomic E-state index is 5.78. The Labute approximate surface area is 80.2 Å². The number of nitrogens with two attached hydrogens (primary N) is 1. The number of nitrogens with zero attached hydrogens (tertiary/aromatic N) is 1. The van der Waals surface area contributed by atoms with Gasteiger partial charge < -0.3 is 10.5 Å². The van der Waals surface area contributed by atoms with E-state index in [0.29, 0.717) is 5.69 Å². The predicted octanol–water partition coefficient (Wildman–Crippen LogP) is 2.20. The summed E-state index contributed by atoms with van der Waals surface area (Å²) in [5, 5.41) is 1.01. The second-order valence-electron chi connectivity index (χ2n) is 2.77. The summed E-state index contributed by atoms with van der Waals surface area (Å²) < 4.78 is 6.24. The maximum absolute atomic E-state index is 5.78. The van der Waals surface area contributed by atoms with Crippen molar-refractivity contribution < 1.29 is 4.74 Å². The van der Waals surface area contributed by atoms with E-state index in [-0.39, 0.29) is 0 Å². The van der Waals surface area contributed by atoms with Gasteiger partial charge in [-0.1, -0.05) is 0 Å². The summed E-state index contributed by atoms with van der Waals surface area (Å²) in [6, 6.07) is 3.69. The van der Waals surface area contributed by atoms with Crippen molar-refractivity contribution in [3.05, 3.63) is 17.1 Å². The van der Waals surface area contributed by atoms with Gasteiger partial charge in [0.2, 0.25) is 0 Å². The molecule has 0 amide bonds. The summed E-state index contributed by atoms with van der Waals surface area (Å²) >= 11 is 1.60. The van der Waals surface area contributed by atoms with E-state index < -0.39 is 0 Å². The highest BCUT2D eigenvalue weighted by molar-refractivity contribution is 7.19. The number of nitrogen functional groups attached to an aromatic ring is 1. The molecule has 0 saturated heterocycles. The molecule has 0 radical (unpaired) electrons. The SMILES string of the molecule is COc1ccc(N)c2nc(C)sc12. The number of aryl methyl sites for hydroxylation is 1. The third-order valence-electron chi connectivity index (χ3n) is 1.87. The number of aromatic nitrogens is 1. The van der Waals surface area contributed by atoms with Crippen molar-refractivity contribution in [2.45, 2.75) is 6.92 Å². The third-order valence-corrected chi connectivity index (χ3v) is 2.85. The van der Waals surface area contributed by atoms with Crippen LogP contribution in [-0.2, 0) is 0 Å². The van der Waals surface area contributed by atoms with Crippen LogP contribution in [0.1, 0.15) is 5.01 Å². The average molecular weight is 194 g/mol. The first-order chi connectivity index (χ1) is 6.22. The van der Waals surface area contributed by atoms with Crippen LogP contribution in [0.25, 0.3) is 10.2 Å². The van der Waals surface area contributed by atoms with Crippen molar-refractivity contribution in [1.82, 2.24) is 4.98 Å². The number of thiazole rings is 1. The lowest BCUT2D eigenvalue weighted by molar-refractivity contribution is 0.420. The van der Waals surface area contributed by atoms with Crippen LogP contribution >= 0.6 is 11.3 Å². The van der Waals surface area contributed by atoms with Gasteiger partial charge in [-0.2, -0.15) is 0 Å². The van der Waals surface area contributed by atoms with Crippen molar-refractivity contribution in [3.8, 4) is 5.75 Å². The van der Waals surface area contributed by atoms with Gasteiger partial charge in [0, 0.05) is 0 Å². The summed E-state index contributed by atoms with van der Waals surface area (Å²) in [4.78, 5) is 4.33. The van der Waals surface area contributed by atoms with Gasteiger partial charge >= 0.3 is 0 Å². The second-order valence-corrected chi connectivity index (χ2v) is 3.97. The van der Waals surface area contributed by atoms with Crippen LogP contribution < -0.4 is 10.5 Å². The van der Waals surface area contributed by atoms with E-state index in [4.69, 9.17) is 10.5 Å². The van der Waals surface area contributed by atoms with E-state index in [1.807, 2.05) is 19.1 Å². The molecule has 2 N–H and O–H groups in total. The van der Waals surface area contributed by atoms with E-state index in [9.17, 15) is 0 Å². The van der Waals surface area contributed by atoms with Crippen LogP contribution in [0.4, 0.5) is 5.69 Å². The quantitative estimate of drug-likeness (QED) is 0.708. The molecule has 0 aliphatic carbocycles. The third kappa shape index (κ3) is 1.23. The molecule has 1 heterocycles. The largest absolute Gasteiger partial charge is 0.495 e. The van der Waals surface area contributed by atoms with Crippen molar-refractivity contribution >= 4 is 27.2 Å². The van der Waals surface area contributed by atoms with Gasteiger partial charge in [-0.3, -0.25) is 0 Å². The number of hydrogen-bond acceptors (Lipinski definition) is 4. The topological polar surface area (TPSA) is 48.1 Å². The van der Waals surface area contributed by atoms with Gasteiger partial charge in [0.05, 0.1) is 22.5 Å². The highest BCUT2D eigenvalue weighted by Gasteiger charge is 2.08. The molecule has 2 aromatic rings. The molecule has 0 saturated carbocycles. The predicted molar refractivity (Wildman–Crippen MR) is 55.3 cm³/mol. The molecule has 68 valence electrons. The fraction of sp³-hybridized carbons (Fsp3) is 0.222. The molecule has 1 aromatic carbocycles. The van der Waals surface area contributed by atoms with Crippen LogP contribution in [-0.4, -0.2) is 12.1 Å². The van der Waals surface area contributed by atoms with Crippen LogP contribution in [0.5, 0.6) is 5.75 Å². The summed E-state index contributed by atoms with van der Waals surface area (Å²) in [7, 11) is 1.65. The minimum Gasteiger partial charge on any atom is -0.495 e. The molecule has 0 unspecified atom stereocenters. The van der Waals surface area contributed by atoms with Gasteiger partial charge in [0.1, 0.15) is 11.3 Å². The first-order valence-electron chi connectivity index (χ1n) is 3.92.